The topological polar surface area (TPSA) is 87.1 Å². The third-order valence-electron chi connectivity index (χ3n) is 4.91. The molecular formula is C19H22N4O2. The van der Waals surface area contributed by atoms with Gasteiger partial charge in [0, 0.05) is 24.4 Å². The van der Waals surface area contributed by atoms with Gasteiger partial charge in [0.25, 0.3) is 5.91 Å². The molecule has 2 aliphatic rings. The SMILES string of the molecule is CC(C)c1nc(N[C@@H]2c3ccccc3C[C@@H]2O)c2c(n1)C(=O)NCC2. The van der Waals surface area contributed by atoms with Crippen LogP contribution in [0.2, 0.25) is 0 Å². The van der Waals surface area contributed by atoms with Gasteiger partial charge in [-0.05, 0) is 17.5 Å². The number of nitrogens with one attached hydrogen (secondary N) is 2. The highest BCUT2D eigenvalue weighted by Crippen LogP contribution is 2.35. The second-order valence-corrected chi connectivity index (χ2v) is 7.01. The second-order valence-electron chi connectivity index (χ2n) is 7.01. The van der Waals surface area contributed by atoms with Crippen molar-refractivity contribution in [3.8, 4) is 0 Å². The van der Waals surface area contributed by atoms with Crippen LogP contribution >= 0.6 is 0 Å². The van der Waals surface area contributed by atoms with Gasteiger partial charge >= 0.3 is 0 Å². The molecule has 3 N–H and O–H groups in total. The van der Waals surface area contributed by atoms with Crippen LogP contribution in [0.3, 0.4) is 0 Å². The van der Waals surface area contributed by atoms with Gasteiger partial charge in [-0.1, -0.05) is 38.1 Å². The quantitative estimate of drug-likeness (QED) is 0.796. The fraction of sp³-hybridized carbons (Fsp3) is 0.421. The number of aliphatic hydroxyl groups excluding tert-OH is 1. The molecule has 2 heterocycles. The molecule has 6 heteroatoms. The number of amides is 1. The normalized spacial score (nSPS) is 21.7. The molecule has 1 amide bonds. The van der Waals surface area contributed by atoms with E-state index in [0.717, 1.165) is 16.7 Å². The lowest BCUT2D eigenvalue weighted by Crippen LogP contribution is -2.35. The molecule has 1 aliphatic heterocycles. The van der Waals surface area contributed by atoms with Gasteiger partial charge in [-0.15, -0.1) is 0 Å². The van der Waals surface area contributed by atoms with E-state index in [4.69, 9.17) is 0 Å². The van der Waals surface area contributed by atoms with Crippen molar-refractivity contribution in [2.24, 2.45) is 0 Å². The minimum absolute atomic E-state index is 0.112. The Morgan fingerprint density at radius 2 is 2.08 bits per heavy atom. The van der Waals surface area contributed by atoms with Crippen LogP contribution in [0.15, 0.2) is 24.3 Å². The zero-order valence-corrected chi connectivity index (χ0v) is 14.4. The van der Waals surface area contributed by atoms with Crippen LogP contribution in [0.25, 0.3) is 0 Å². The number of hydrogen-bond donors (Lipinski definition) is 3. The van der Waals surface area contributed by atoms with E-state index < -0.39 is 6.10 Å². The average molecular weight is 338 g/mol. The van der Waals surface area contributed by atoms with Crippen molar-refractivity contribution in [3.05, 3.63) is 52.5 Å². The molecule has 0 fully saturated rings. The highest BCUT2D eigenvalue weighted by Gasteiger charge is 2.33. The van der Waals surface area contributed by atoms with Crippen LogP contribution in [-0.2, 0) is 12.8 Å². The molecule has 6 nitrogen and oxygen atoms in total. The van der Waals surface area contributed by atoms with E-state index in [1.807, 2.05) is 38.1 Å². The number of aromatic nitrogens is 2. The average Bonchev–Trinajstić information content (AvgIpc) is 2.91. The molecule has 0 saturated carbocycles. The number of anilines is 1. The molecule has 2 aromatic rings. The van der Waals surface area contributed by atoms with Gasteiger partial charge in [-0.2, -0.15) is 0 Å². The predicted octanol–water partition coefficient (Wildman–Crippen LogP) is 1.96. The molecule has 0 spiro atoms. The Kier molecular flexibility index (Phi) is 3.92. The van der Waals surface area contributed by atoms with Crippen molar-refractivity contribution in [3.63, 3.8) is 0 Å². The standard InChI is InChI=1S/C19H22N4O2/c1-10(2)17-22-16-13(7-8-20-19(16)25)18(23-17)21-15-12-6-4-3-5-11(12)9-14(15)24/h3-6,10,14-15,24H,7-9H2,1-2H3,(H,20,25)(H,21,22,23)/t14-,15+/m0/s1. The van der Waals surface area contributed by atoms with Crippen molar-refractivity contribution < 1.29 is 9.90 Å². The van der Waals surface area contributed by atoms with Crippen LogP contribution in [0.4, 0.5) is 5.82 Å². The van der Waals surface area contributed by atoms with Crippen LogP contribution < -0.4 is 10.6 Å². The number of rotatable bonds is 3. The van der Waals surface area contributed by atoms with Gasteiger partial charge in [-0.3, -0.25) is 4.79 Å². The first-order chi connectivity index (χ1) is 12.0. The Labute approximate surface area is 146 Å². The summed E-state index contributed by atoms with van der Waals surface area (Å²) in [5.41, 5.74) is 3.53. The summed E-state index contributed by atoms with van der Waals surface area (Å²) in [5, 5.41) is 16.8. The number of benzene rings is 1. The number of nitrogens with zero attached hydrogens (tertiary/aromatic N) is 2. The summed E-state index contributed by atoms with van der Waals surface area (Å²) >= 11 is 0. The zero-order valence-electron chi connectivity index (χ0n) is 14.4. The largest absolute Gasteiger partial charge is 0.390 e. The Morgan fingerprint density at radius 1 is 1.28 bits per heavy atom. The highest BCUT2D eigenvalue weighted by molar-refractivity contribution is 5.96. The molecule has 1 aromatic heterocycles. The Balaban J connectivity index is 1.77. The summed E-state index contributed by atoms with van der Waals surface area (Å²) in [6, 6.07) is 7.82. The first kappa shape index (κ1) is 16.0. The van der Waals surface area contributed by atoms with Crippen LogP contribution in [-0.4, -0.2) is 33.6 Å². The molecule has 25 heavy (non-hydrogen) atoms. The zero-order chi connectivity index (χ0) is 17.6. The fourth-order valence-corrected chi connectivity index (χ4v) is 3.58. The smallest absolute Gasteiger partial charge is 0.270 e. The molecule has 1 aliphatic carbocycles. The van der Waals surface area contributed by atoms with E-state index in [-0.39, 0.29) is 17.9 Å². The number of carbonyl (C=O) groups excluding carboxylic acids is 1. The number of fused-ring (bicyclic) bond motifs is 2. The molecular weight excluding hydrogens is 316 g/mol. The molecule has 2 atom stereocenters. The molecule has 1 aromatic carbocycles. The van der Waals surface area contributed by atoms with Crippen molar-refractivity contribution in [1.29, 1.82) is 0 Å². The van der Waals surface area contributed by atoms with E-state index in [1.165, 1.54) is 0 Å². The third kappa shape index (κ3) is 2.76. The number of aliphatic hydroxyl groups is 1. The minimum atomic E-state index is -0.511. The minimum Gasteiger partial charge on any atom is -0.390 e. The van der Waals surface area contributed by atoms with Gasteiger partial charge in [0.05, 0.1) is 12.1 Å². The van der Waals surface area contributed by atoms with Crippen molar-refractivity contribution in [2.45, 2.75) is 44.8 Å². The lowest BCUT2D eigenvalue weighted by molar-refractivity contribution is 0.0940. The first-order valence-electron chi connectivity index (χ1n) is 8.76. The van der Waals surface area contributed by atoms with E-state index in [2.05, 4.69) is 20.6 Å². The summed E-state index contributed by atoms with van der Waals surface area (Å²) in [6.45, 7) is 4.59. The predicted molar refractivity (Wildman–Crippen MR) is 94.7 cm³/mol. The molecule has 4 rings (SSSR count). The van der Waals surface area contributed by atoms with Crippen molar-refractivity contribution >= 4 is 11.7 Å². The van der Waals surface area contributed by atoms with Gasteiger partial charge in [0.15, 0.2) is 0 Å². The lowest BCUT2D eigenvalue weighted by atomic mass is 10.0. The third-order valence-corrected chi connectivity index (χ3v) is 4.91. The Morgan fingerprint density at radius 3 is 2.88 bits per heavy atom. The monoisotopic (exact) mass is 338 g/mol. The Bertz CT molecular complexity index is 834. The fourth-order valence-electron chi connectivity index (χ4n) is 3.58. The van der Waals surface area contributed by atoms with E-state index in [0.29, 0.717) is 36.7 Å². The van der Waals surface area contributed by atoms with Crippen LogP contribution in [0, 0.1) is 0 Å². The van der Waals surface area contributed by atoms with Crippen LogP contribution in [0.5, 0.6) is 0 Å². The first-order valence-corrected chi connectivity index (χ1v) is 8.76. The summed E-state index contributed by atoms with van der Waals surface area (Å²) in [6.07, 6.45) is 0.799. The summed E-state index contributed by atoms with van der Waals surface area (Å²) in [5.74, 6) is 1.27. The highest BCUT2D eigenvalue weighted by atomic mass is 16.3. The maximum atomic E-state index is 12.2. The summed E-state index contributed by atoms with van der Waals surface area (Å²) in [4.78, 5) is 21.4. The van der Waals surface area contributed by atoms with E-state index >= 15 is 0 Å². The van der Waals surface area contributed by atoms with Gasteiger partial charge in [-0.25, -0.2) is 9.97 Å². The number of carbonyl (C=O) groups is 1. The second kappa shape index (κ2) is 6.11. The molecule has 0 saturated heterocycles. The lowest BCUT2D eigenvalue weighted by Gasteiger charge is -2.24. The number of hydrogen-bond acceptors (Lipinski definition) is 5. The molecule has 130 valence electrons. The van der Waals surface area contributed by atoms with Gasteiger partial charge < -0.3 is 15.7 Å². The van der Waals surface area contributed by atoms with Gasteiger partial charge in [0.2, 0.25) is 0 Å². The summed E-state index contributed by atoms with van der Waals surface area (Å²) < 4.78 is 0. The van der Waals surface area contributed by atoms with E-state index in [1.54, 1.807) is 0 Å². The van der Waals surface area contributed by atoms with Crippen LogP contribution in [0.1, 0.15) is 58.8 Å². The Hall–Kier alpha value is -2.47. The van der Waals surface area contributed by atoms with Crippen molar-refractivity contribution in [2.75, 3.05) is 11.9 Å². The molecule has 0 unspecified atom stereocenters. The van der Waals surface area contributed by atoms with Crippen molar-refractivity contribution in [1.82, 2.24) is 15.3 Å². The van der Waals surface area contributed by atoms with E-state index in [9.17, 15) is 9.90 Å². The molecule has 0 radical (unpaired) electrons. The maximum absolute atomic E-state index is 12.2. The summed E-state index contributed by atoms with van der Waals surface area (Å²) in [7, 11) is 0. The molecule has 0 bridgehead atoms. The maximum Gasteiger partial charge on any atom is 0.270 e. The van der Waals surface area contributed by atoms with Gasteiger partial charge in [0.1, 0.15) is 17.3 Å².